The largest absolute Gasteiger partial charge is 0.505 e. The molecule has 1 N–H and O–H groups in total. The Hall–Kier alpha value is -3.27. The highest BCUT2D eigenvalue weighted by Gasteiger charge is 2.17. The van der Waals surface area contributed by atoms with Gasteiger partial charge in [-0.15, -0.1) is 0 Å². The van der Waals surface area contributed by atoms with Crippen molar-refractivity contribution in [2.45, 2.75) is 26.2 Å². The summed E-state index contributed by atoms with van der Waals surface area (Å²) in [5, 5.41) is 9.29. The Balaban J connectivity index is 1.57. The number of allylic oxidation sites excluding steroid dienone is 4. The van der Waals surface area contributed by atoms with Crippen LogP contribution in [0.5, 0.6) is 5.75 Å². The van der Waals surface area contributed by atoms with E-state index in [1.807, 2.05) is 19.1 Å². The molecule has 1 atom stereocenters. The first-order valence-corrected chi connectivity index (χ1v) is 10.4. The minimum Gasteiger partial charge on any atom is -0.505 e. The van der Waals surface area contributed by atoms with Crippen molar-refractivity contribution < 1.29 is 18.3 Å². The van der Waals surface area contributed by atoms with Gasteiger partial charge in [0.25, 0.3) is 0 Å². The number of benzene rings is 3. The molecule has 0 bridgehead atoms. The topological polar surface area (TPSA) is 20.2 Å². The predicted molar refractivity (Wildman–Crippen MR) is 119 cm³/mol. The van der Waals surface area contributed by atoms with E-state index in [2.05, 4.69) is 18.2 Å². The summed E-state index contributed by atoms with van der Waals surface area (Å²) < 4.78 is 42.6. The van der Waals surface area contributed by atoms with Crippen LogP contribution >= 0.6 is 0 Å². The molecule has 0 fully saturated rings. The molecule has 0 saturated carbocycles. The molecule has 0 saturated heterocycles. The molecule has 0 heterocycles. The number of phenols is 1. The summed E-state index contributed by atoms with van der Waals surface area (Å²) in [5.74, 6) is -2.82. The smallest absolute Gasteiger partial charge is 0.200 e. The fourth-order valence-electron chi connectivity index (χ4n) is 4.11. The normalized spacial score (nSPS) is 16.5. The second-order valence-corrected chi connectivity index (χ2v) is 7.82. The van der Waals surface area contributed by atoms with Gasteiger partial charge in [-0.3, -0.25) is 0 Å². The van der Waals surface area contributed by atoms with Crippen LogP contribution < -0.4 is 0 Å². The lowest BCUT2D eigenvalue weighted by molar-refractivity contribution is 0.408. The van der Waals surface area contributed by atoms with Crippen molar-refractivity contribution in [1.82, 2.24) is 0 Å². The van der Waals surface area contributed by atoms with Crippen LogP contribution in [0.3, 0.4) is 0 Å². The monoisotopic (exact) mass is 420 g/mol. The van der Waals surface area contributed by atoms with E-state index in [1.165, 1.54) is 12.1 Å². The molecule has 1 aliphatic rings. The standard InChI is InChI=1S/C27H23F3O/c1-2-3-17-4-6-19(7-5-17)22-13-12-21(16-24(22)28)18-8-10-20(11-9-18)23-14-15-25(31)27(30)26(23)29/h2-3,6,8-17,31H,4-5,7H2,1H3/b3-2+. The molecule has 0 spiro atoms. The van der Waals surface area contributed by atoms with Crippen LogP contribution in [0, 0.1) is 23.4 Å². The molecule has 0 aliphatic heterocycles. The Morgan fingerprint density at radius 1 is 0.839 bits per heavy atom. The Bertz CT molecular complexity index is 1160. The predicted octanol–water partition coefficient (Wildman–Crippen LogP) is 7.90. The molecular formula is C27H23F3O. The van der Waals surface area contributed by atoms with Crippen LogP contribution in [-0.2, 0) is 0 Å². The van der Waals surface area contributed by atoms with Crippen LogP contribution in [-0.4, -0.2) is 5.11 Å². The van der Waals surface area contributed by atoms with Crippen LogP contribution in [0.4, 0.5) is 13.2 Å². The third kappa shape index (κ3) is 4.29. The molecule has 0 amide bonds. The molecule has 4 rings (SSSR count). The molecule has 1 nitrogen and oxygen atoms in total. The van der Waals surface area contributed by atoms with E-state index in [1.54, 1.807) is 24.3 Å². The SMILES string of the molecule is C/C=C/C1CC=C(c2ccc(-c3ccc(-c4ccc(O)c(F)c4F)cc3)cc2F)CC1. The van der Waals surface area contributed by atoms with Crippen LogP contribution in [0.2, 0.25) is 0 Å². The van der Waals surface area contributed by atoms with Crippen LogP contribution in [0.1, 0.15) is 31.7 Å². The second kappa shape index (κ2) is 8.84. The number of aromatic hydroxyl groups is 1. The minimum absolute atomic E-state index is 0.0591. The molecule has 4 heteroatoms. The third-order valence-electron chi connectivity index (χ3n) is 5.82. The van der Waals surface area contributed by atoms with Gasteiger partial charge in [0, 0.05) is 11.1 Å². The van der Waals surface area contributed by atoms with Gasteiger partial charge in [0.2, 0.25) is 5.82 Å². The van der Waals surface area contributed by atoms with Gasteiger partial charge >= 0.3 is 0 Å². The van der Waals surface area contributed by atoms with Gasteiger partial charge in [0.15, 0.2) is 11.6 Å². The summed E-state index contributed by atoms with van der Waals surface area (Å²) in [6, 6.07) is 14.5. The van der Waals surface area contributed by atoms with Crippen molar-refractivity contribution >= 4 is 5.57 Å². The Morgan fingerprint density at radius 2 is 1.52 bits per heavy atom. The van der Waals surface area contributed by atoms with Crippen LogP contribution in [0.15, 0.2) is 72.8 Å². The zero-order valence-corrected chi connectivity index (χ0v) is 17.2. The molecule has 0 radical (unpaired) electrons. The average Bonchev–Trinajstić information content (AvgIpc) is 2.79. The maximum absolute atomic E-state index is 14.9. The molecule has 1 unspecified atom stereocenters. The summed E-state index contributed by atoms with van der Waals surface area (Å²) in [6.45, 7) is 2.02. The van der Waals surface area contributed by atoms with Crippen molar-refractivity contribution in [3.05, 3.63) is 95.8 Å². The molecular weight excluding hydrogens is 397 g/mol. The average molecular weight is 420 g/mol. The lowest BCUT2D eigenvalue weighted by Crippen LogP contribution is -2.03. The second-order valence-electron chi connectivity index (χ2n) is 7.82. The fourth-order valence-corrected chi connectivity index (χ4v) is 4.11. The van der Waals surface area contributed by atoms with Gasteiger partial charge in [0.05, 0.1) is 0 Å². The molecule has 1 aliphatic carbocycles. The van der Waals surface area contributed by atoms with E-state index in [0.717, 1.165) is 36.5 Å². The summed E-state index contributed by atoms with van der Waals surface area (Å²) in [4.78, 5) is 0. The third-order valence-corrected chi connectivity index (χ3v) is 5.82. The fraction of sp³-hybridized carbons (Fsp3) is 0.185. The van der Waals surface area contributed by atoms with Gasteiger partial charge in [-0.25, -0.2) is 8.78 Å². The first kappa shape index (κ1) is 21.0. The lowest BCUT2D eigenvalue weighted by Gasteiger charge is -2.20. The Labute approximate surface area is 180 Å². The Kier molecular flexibility index (Phi) is 5.99. The molecule has 31 heavy (non-hydrogen) atoms. The first-order chi connectivity index (χ1) is 15.0. The first-order valence-electron chi connectivity index (χ1n) is 10.4. The van der Waals surface area contributed by atoms with E-state index in [-0.39, 0.29) is 11.4 Å². The highest BCUT2D eigenvalue weighted by molar-refractivity contribution is 5.74. The number of hydrogen-bond donors (Lipinski definition) is 1. The van der Waals surface area contributed by atoms with Gasteiger partial charge in [-0.05, 0) is 72.6 Å². The molecule has 3 aromatic rings. The maximum Gasteiger partial charge on any atom is 0.200 e. The van der Waals surface area contributed by atoms with E-state index in [0.29, 0.717) is 22.6 Å². The van der Waals surface area contributed by atoms with Gasteiger partial charge in [-0.2, -0.15) is 4.39 Å². The lowest BCUT2D eigenvalue weighted by atomic mass is 9.86. The quantitative estimate of drug-likeness (QED) is 0.425. The number of rotatable bonds is 4. The highest BCUT2D eigenvalue weighted by atomic mass is 19.2. The summed E-state index contributed by atoms with van der Waals surface area (Å²) in [6.07, 6.45) is 9.20. The summed E-state index contributed by atoms with van der Waals surface area (Å²) >= 11 is 0. The van der Waals surface area contributed by atoms with Crippen LogP contribution in [0.25, 0.3) is 27.8 Å². The molecule has 3 aromatic carbocycles. The van der Waals surface area contributed by atoms with E-state index >= 15 is 0 Å². The molecule has 0 aromatic heterocycles. The van der Waals surface area contributed by atoms with Crippen molar-refractivity contribution in [2.75, 3.05) is 0 Å². The highest BCUT2D eigenvalue weighted by Crippen LogP contribution is 2.35. The number of hydrogen-bond acceptors (Lipinski definition) is 1. The van der Waals surface area contributed by atoms with Crippen molar-refractivity contribution in [2.24, 2.45) is 5.92 Å². The van der Waals surface area contributed by atoms with Crippen molar-refractivity contribution in [3.63, 3.8) is 0 Å². The molecule has 158 valence electrons. The summed E-state index contributed by atoms with van der Waals surface area (Å²) in [5.41, 5.74) is 3.71. The van der Waals surface area contributed by atoms with Gasteiger partial charge in [0.1, 0.15) is 5.82 Å². The van der Waals surface area contributed by atoms with Gasteiger partial charge < -0.3 is 5.11 Å². The maximum atomic E-state index is 14.9. The van der Waals surface area contributed by atoms with E-state index < -0.39 is 17.4 Å². The van der Waals surface area contributed by atoms with Gasteiger partial charge in [-0.1, -0.05) is 54.6 Å². The minimum atomic E-state index is -1.27. The van der Waals surface area contributed by atoms with E-state index in [4.69, 9.17) is 0 Å². The van der Waals surface area contributed by atoms with E-state index in [9.17, 15) is 18.3 Å². The Morgan fingerprint density at radius 3 is 2.16 bits per heavy atom. The zero-order chi connectivity index (χ0) is 22.0. The zero-order valence-electron chi connectivity index (χ0n) is 17.2. The number of phenolic OH excluding ortho intramolecular Hbond substituents is 1. The van der Waals surface area contributed by atoms with Crippen molar-refractivity contribution in [1.29, 1.82) is 0 Å². The summed E-state index contributed by atoms with van der Waals surface area (Å²) in [7, 11) is 0. The van der Waals surface area contributed by atoms with Crippen molar-refractivity contribution in [3.8, 4) is 28.0 Å². The number of halogens is 3.